The van der Waals surface area contributed by atoms with Crippen molar-refractivity contribution >= 4 is 5.69 Å². The zero-order chi connectivity index (χ0) is 9.68. The van der Waals surface area contributed by atoms with E-state index in [0.717, 1.165) is 18.0 Å². The number of rotatable bonds is 4. The lowest BCUT2D eigenvalue weighted by atomic mass is 9.99. The van der Waals surface area contributed by atoms with Crippen LogP contribution in [0.4, 0.5) is 5.69 Å². The SMILES string of the molecule is CCC(C)Cc1ccc(NN)cc1. The Morgan fingerprint density at radius 1 is 1.31 bits per heavy atom. The van der Waals surface area contributed by atoms with E-state index in [4.69, 9.17) is 5.84 Å². The summed E-state index contributed by atoms with van der Waals surface area (Å²) in [7, 11) is 0. The molecule has 1 atom stereocenters. The highest BCUT2D eigenvalue weighted by atomic mass is 15.2. The molecule has 0 heterocycles. The maximum absolute atomic E-state index is 5.28. The van der Waals surface area contributed by atoms with Crippen LogP contribution < -0.4 is 11.3 Å². The van der Waals surface area contributed by atoms with Gasteiger partial charge in [0.15, 0.2) is 0 Å². The number of hydrazine groups is 1. The van der Waals surface area contributed by atoms with Gasteiger partial charge < -0.3 is 5.43 Å². The minimum atomic E-state index is 0.761. The third kappa shape index (κ3) is 3.07. The lowest BCUT2D eigenvalue weighted by Gasteiger charge is -2.08. The number of nitrogens with two attached hydrogens (primary N) is 1. The molecular formula is C11H18N2. The third-order valence-corrected chi connectivity index (χ3v) is 2.40. The molecule has 0 aromatic heterocycles. The van der Waals surface area contributed by atoms with Gasteiger partial charge in [-0.05, 0) is 30.0 Å². The van der Waals surface area contributed by atoms with Crippen LogP contribution >= 0.6 is 0 Å². The maximum atomic E-state index is 5.28. The van der Waals surface area contributed by atoms with Crippen molar-refractivity contribution in [3.05, 3.63) is 29.8 Å². The molecule has 0 amide bonds. The van der Waals surface area contributed by atoms with Crippen LogP contribution in [0.25, 0.3) is 0 Å². The number of nitrogens with one attached hydrogen (secondary N) is 1. The van der Waals surface area contributed by atoms with E-state index in [9.17, 15) is 0 Å². The minimum absolute atomic E-state index is 0.761. The van der Waals surface area contributed by atoms with Gasteiger partial charge in [-0.3, -0.25) is 5.84 Å². The molecule has 2 nitrogen and oxygen atoms in total. The highest BCUT2D eigenvalue weighted by Gasteiger charge is 2.00. The molecule has 0 bridgehead atoms. The Hall–Kier alpha value is -1.02. The highest BCUT2D eigenvalue weighted by Crippen LogP contribution is 2.13. The van der Waals surface area contributed by atoms with E-state index < -0.39 is 0 Å². The van der Waals surface area contributed by atoms with E-state index in [-0.39, 0.29) is 0 Å². The van der Waals surface area contributed by atoms with Gasteiger partial charge in [0.2, 0.25) is 0 Å². The topological polar surface area (TPSA) is 38.0 Å². The molecule has 2 heteroatoms. The number of anilines is 1. The summed E-state index contributed by atoms with van der Waals surface area (Å²) < 4.78 is 0. The molecule has 0 aliphatic rings. The summed E-state index contributed by atoms with van der Waals surface area (Å²) in [6.07, 6.45) is 2.39. The maximum Gasteiger partial charge on any atom is 0.0485 e. The molecule has 1 unspecified atom stereocenters. The Morgan fingerprint density at radius 2 is 1.92 bits per heavy atom. The molecule has 0 saturated heterocycles. The van der Waals surface area contributed by atoms with Crippen LogP contribution in [0.3, 0.4) is 0 Å². The van der Waals surface area contributed by atoms with Crippen LogP contribution in [0.5, 0.6) is 0 Å². The predicted octanol–water partition coefficient (Wildman–Crippen LogP) is 2.56. The van der Waals surface area contributed by atoms with Crippen LogP contribution in [-0.4, -0.2) is 0 Å². The van der Waals surface area contributed by atoms with Gasteiger partial charge >= 0.3 is 0 Å². The summed E-state index contributed by atoms with van der Waals surface area (Å²) in [5.74, 6) is 6.04. The van der Waals surface area contributed by atoms with Crippen molar-refractivity contribution in [3.63, 3.8) is 0 Å². The molecule has 1 aromatic rings. The lowest BCUT2D eigenvalue weighted by Crippen LogP contribution is -2.06. The first-order valence-corrected chi connectivity index (χ1v) is 4.81. The predicted molar refractivity (Wildman–Crippen MR) is 57.4 cm³/mol. The summed E-state index contributed by atoms with van der Waals surface area (Å²) in [6, 6.07) is 8.28. The molecule has 1 aromatic carbocycles. The standard InChI is InChI=1S/C11H18N2/c1-3-9(2)8-10-4-6-11(13-12)7-5-10/h4-7,9,13H,3,8,12H2,1-2H3. The molecule has 0 aliphatic heterocycles. The molecule has 13 heavy (non-hydrogen) atoms. The Morgan fingerprint density at radius 3 is 2.38 bits per heavy atom. The van der Waals surface area contributed by atoms with Gasteiger partial charge in [0.05, 0.1) is 0 Å². The molecule has 72 valence electrons. The summed E-state index contributed by atoms with van der Waals surface area (Å²) in [5.41, 5.74) is 4.97. The summed E-state index contributed by atoms with van der Waals surface area (Å²) >= 11 is 0. The van der Waals surface area contributed by atoms with E-state index in [1.165, 1.54) is 12.0 Å². The monoisotopic (exact) mass is 178 g/mol. The largest absolute Gasteiger partial charge is 0.324 e. The third-order valence-electron chi connectivity index (χ3n) is 2.40. The van der Waals surface area contributed by atoms with Crippen molar-refractivity contribution in [1.29, 1.82) is 0 Å². The average molecular weight is 178 g/mol. The van der Waals surface area contributed by atoms with E-state index in [0.29, 0.717) is 0 Å². The van der Waals surface area contributed by atoms with Crippen LogP contribution in [0.2, 0.25) is 0 Å². The number of benzene rings is 1. The first-order valence-electron chi connectivity index (χ1n) is 4.81. The minimum Gasteiger partial charge on any atom is -0.324 e. The van der Waals surface area contributed by atoms with Crippen molar-refractivity contribution in [3.8, 4) is 0 Å². The van der Waals surface area contributed by atoms with Gasteiger partial charge in [-0.15, -0.1) is 0 Å². The van der Waals surface area contributed by atoms with Crippen molar-refractivity contribution < 1.29 is 0 Å². The summed E-state index contributed by atoms with van der Waals surface area (Å²) in [5, 5.41) is 0. The first kappa shape index (κ1) is 10.1. The molecule has 0 radical (unpaired) electrons. The van der Waals surface area contributed by atoms with Gasteiger partial charge in [-0.25, -0.2) is 0 Å². The smallest absolute Gasteiger partial charge is 0.0485 e. The summed E-state index contributed by atoms with van der Waals surface area (Å²) in [4.78, 5) is 0. The second-order valence-electron chi connectivity index (χ2n) is 3.56. The average Bonchev–Trinajstić information content (AvgIpc) is 2.19. The zero-order valence-corrected chi connectivity index (χ0v) is 8.38. The van der Waals surface area contributed by atoms with Gasteiger partial charge in [0.25, 0.3) is 0 Å². The Bertz CT molecular complexity index is 241. The van der Waals surface area contributed by atoms with Gasteiger partial charge in [0.1, 0.15) is 0 Å². The number of hydrogen-bond acceptors (Lipinski definition) is 2. The number of nitrogen functional groups attached to an aromatic ring is 1. The molecular weight excluding hydrogens is 160 g/mol. The second kappa shape index (κ2) is 4.87. The van der Waals surface area contributed by atoms with E-state index >= 15 is 0 Å². The summed E-state index contributed by atoms with van der Waals surface area (Å²) in [6.45, 7) is 4.50. The normalized spacial score (nSPS) is 12.5. The van der Waals surface area contributed by atoms with E-state index in [1.807, 2.05) is 12.1 Å². The van der Waals surface area contributed by atoms with E-state index in [2.05, 4.69) is 31.4 Å². The van der Waals surface area contributed by atoms with E-state index in [1.54, 1.807) is 0 Å². The van der Waals surface area contributed by atoms with Crippen molar-refractivity contribution in [2.75, 3.05) is 5.43 Å². The van der Waals surface area contributed by atoms with Crippen molar-refractivity contribution in [2.45, 2.75) is 26.7 Å². The quantitative estimate of drug-likeness (QED) is 0.549. The van der Waals surface area contributed by atoms with Gasteiger partial charge in [0, 0.05) is 5.69 Å². The van der Waals surface area contributed by atoms with Crippen LogP contribution in [0, 0.1) is 5.92 Å². The molecule has 0 fully saturated rings. The van der Waals surface area contributed by atoms with Crippen LogP contribution in [0.1, 0.15) is 25.8 Å². The Labute approximate surface area is 80.1 Å². The molecule has 0 spiro atoms. The fourth-order valence-electron chi connectivity index (χ4n) is 1.28. The molecule has 0 aliphatic carbocycles. The fraction of sp³-hybridized carbons (Fsp3) is 0.455. The second-order valence-corrected chi connectivity index (χ2v) is 3.56. The van der Waals surface area contributed by atoms with Crippen molar-refractivity contribution in [2.24, 2.45) is 11.8 Å². The molecule has 3 N–H and O–H groups in total. The zero-order valence-electron chi connectivity index (χ0n) is 8.38. The number of hydrogen-bond donors (Lipinski definition) is 2. The lowest BCUT2D eigenvalue weighted by molar-refractivity contribution is 0.560. The Kier molecular flexibility index (Phi) is 3.77. The Balaban J connectivity index is 2.58. The van der Waals surface area contributed by atoms with Crippen LogP contribution in [-0.2, 0) is 6.42 Å². The van der Waals surface area contributed by atoms with Crippen LogP contribution in [0.15, 0.2) is 24.3 Å². The molecule has 0 saturated carbocycles. The fourth-order valence-corrected chi connectivity index (χ4v) is 1.28. The highest BCUT2D eigenvalue weighted by molar-refractivity contribution is 5.43. The molecule has 1 rings (SSSR count). The first-order chi connectivity index (χ1) is 6.26. The van der Waals surface area contributed by atoms with Gasteiger partial charge in [-0.1, -0.05) is 32.4 Å². The van der Waals surface area contributed by atoms with Crippen molar-refractivity contribution in [1.82, 2.24) is 0 Å². The van der Waals surface area contributed by atoms with Gasteiger partial charge in [-0.2, -0.15) is 0 Å².